The van der Waals surface area contributed by atoms with Gasteiger partial charge in [-0.3, -0.25) is 4.98 Å². The van der Waals surface area contributed by atoms with Crippen molar-refractivity contribution in [3.05, 3.63) is 42.2 Å². The Balaban J connectivity index is 1.55. The van der Waals surface area contributed by atoms with Crippen molar-refractivity contribution in [3.8, 4) is 0 Å². The Morgan fingerprint density at radius 3 is 2.77 bits per heavy atom. The molecule has 3 rings (SSSR count). The van der Waals surface area contributed by atoms with Gasteiger partial charge in [-0.2, -0.15) is 0 Å². The molecule has 0 aromatic carbocycles. The van der Waals surface area contributed by atoms with Crippen LogP contribution in [-0.4, -0.2) is 52.2 Å². The van der Waals surface area contributed by atoms with Crippen molar-refractivity contribution in [2.24, 2.45) is 7.05 Å². The number of anilines is 1. The zero-order valence-corrected chi connectivity index (χ0v) is 13.6. The average Bonchev–Trinajstić information content (AvgIpc) is 2.78. The lowest BCUT2D eigenvalue weighted by molar-refractivity contribution is 0.294. The van der Waals surface area contributed by atoms with Gasteiger partial charge in [0.1, 0.15) is 5.82 Å². The lowest BCUT2D eigenvalue weighted by Gasteiger charge is -2.23. The molecule has 0 saturated carbocycles. The van der Waals surface area contributed by atoms with Crippen LogP contribution >= 0.6 is 0 Å². The minimum atomic E-state index is 1.03. The SMILES string of the molecule is Cc1cc(N2CCCN(CCc3nccn3C)CC2)ccn1. The third-order valence-corrected chi connectivity index (χ3v) is 4.41. The van der Waals surface area contributed by atoms with Gasteiger partial charge in [0.15, 0.2) is 0 Å². The van der Waals surface area contributed by atoms with Gasteiger partial charge in [-0.1, -0.05) is 0 Å². The minimum absolute atomic E-state index is 1.03. The Kier molecular flexibility index (Phi) is 4.73. The quantitative estimate of drug-likeness (QED) is 0.864. The van der Waals surface area contributed by atoms with Crippen LogP contribution in [0, 0.1) is 6.92 Å². The predicted molar refractivity (Wildman–Crippen MR) is 89.2 cm³/mol. The second-order valence-corrected chi connectivity index (χ2v) is 6.04. The summed E-state index contributed by atoms with van der Waals surface area (Å²) in [5.74, 6) is 1.17. The van der Waals surface area contributed by atoms with E-state index in [4.69, 9.17) is 0 Å². The summed E-state index contributed by atoms with van der Waals surface area (Å²) in [7, 11) is 2.07. The van der Waals surface area contributed by atoms with Gasteiger partial charge in [-0.05, 0) is 32.0 Å². The number of imidazole rings is 1. The van der Waals surface area contributed by atoms with Crippen molar-refractivity contribution in [2.45, 2.75) is 19.8 Å². The minimum Gasteiger partial charge on any atom is -0.370 e. The standard InChI is InChI=1S/C17H25N5/c1-15-14-16(4-6-18-15)22-9-3-8-21(12-13-22)10-5-17-19-7-11-20(17)2/h4,6-7,11,14H,3,5,8-10,12-13H2,1-2H3. The van der Waals surface area contributed by atoms with Crippen LogP contribution in [0.4, 0.5) is 5.69 Å². The first-order chi connectivity index (χ1) is 10.7. The van der Waals surface area contributed by atoms with Crippen molar-refractivity contribution < 1.29 is 0 Å². The molecule has 22 heavy (non-hydrogen) atoms. The van der Waals surface area contributed by atoms with E-state index in [1.54, 1.807) is 0 Å². The molecule has 1 fully saturated rings. The molecule has 1 aliphatic heterocycles. The summed E-state index contributed by atoms with van der Waals surface area (Å²) in [5.41, 5.74) is 2.40. The zero-order chi connectivity index (χ0) is 15.4. The largest absolute Gasteiger partial charge is 0.370 e. The van der Waals surface area contributed by atoms with E-state index in [2.05, 4.69) is 50.4 Å². The summed E-state index contributed by atoms with van der Waals surface area (Å²) in [5, 5.41) is 0. The number of hydrogen-bond donors (Lipinski definition) is 0. The third-order valence-electron chi connectivity index (χ3n) is 4.41. The van der Waals surface area contributed by atoms with Gasteiger partial charge in [0.25, 0.3) is 0 Å². The topological polar surface area (TPSA) is 37.2 Å². The Morgan fingerprint density at radius 1 is 1.09 bits per heavy atom. The van der Waals surface area contributed by atoms with E-state index in [1.165, 1.54) is 24.5 Å². The third kappa shape index (κ3) is 3.65. The fourth-order valence-corrected chi connectivity index (χ4v) is 3.08. The molecule has 0 unspecified atom stereocenters. The molecule has 0 bridgehead atoms. The molecule has 0 atom stereocenters. The molecule has 2 aromatic rings. The van der Waals surface area contributed by atoms with Crippen molar-refractivity contribution in [1.29, 1.82) is 0 Å². The van der Waals surface area contributed by atoms with E-state index >= 15 is 0 Å². The van der Waals surface area contributed by atoms with Gasteiger partial charge in [0.2, 0.25) is 0 Å². The lowest BCUT2D eigenvalue weighted by Crippen LogP contribution is -2.32. The molecule has 5 heteroatoms. The van der Waals surface area contributed by atoms with Crippen LogP contribution in [-0.2, 0) is 13.5 Å². The molecule has 0 aliphatic carbocycles. The number of aryl methyl sites for hydroxylation is 2. The normalized spacial score (nSPS) is 16.7. The molecular formula is C17H25N5. The maximum atomic E-state index is 4.41. The highest BCUT2D eigenvalue weighted by Gasteiger charge is 2.15. The van der Waals surface area contributed by atoms with Gasteiger partial charge in [-0.25, -0.2) is 4.98 Å². The molecular weight excluding hydrogens is 274 g/mol. The highest BCUT2D eigenvalue weighted by molar-refractivity contribution is 5.46. The van der Waals surface area contributed by atoms with Crippen LogP contribution in [0.2, 0.25) is 0 Å². The van der Waals surface area contributed by atoms with Gasteiger partial charge in [-0.15, -0.1) is 0 Å². The zero-order valence-electron chi connectivity index (χ0n) is 13.6. The molecule has 118 valence electrons. The van der Waals surface area contributed by atoms with Crippen molar-refractivity contribution >= 4 is 5.69 Å². The number of nitrogens with zero attached hydrogens (tertiary/aromatic N) is 5. The molecule has 0 radical (unpaired) electrons. The molecule has 3 heterocycles. The lowest BCUT2D eigenvalue weighted by atomic mass is 10.3. The second-order valence-electron chi connectivity index (χ2n) is 6.04. The number of hydrogen-bond acceptors (Lipinski definition) is 4. The highest BCUT2D eigenvalue weighted by atomic mass is 15.2. The van der Waals surface area contributed by atoms with E-state index in [1.807, 2.05) is 18.6 Å². The summed E-state index contributed by atoms with van der Waals surface area (Å²) < 4.78 is 2.11. The van der Waals surface area contributed by atoms with Crippen LogP contribution in [0.5, 0.6) is 0 Å². The van der Waals surface area contributed by atoms with Crippen LogP contribution in [0.15, 0.2) is 30.7 Å². The summed E-state index contributed by atoms with van der Waals surface area (Å²) >= 11 is 0. The second kappa shape index (κ2) is 6.92. The van der Waals surface area contributed by atoms with E-state index in [0.29, 0.717) is 0 Å². The summed E-state index contributed by atoms with van der Waals surface area (Å²) in [6.07, 6.45) is 8.05. The van der Waals surface area contributed by atoms with Gasteiger partial charge in [0, 0.05) is 69.6 Å². The summed E-state index contributed by atoms with van der Waals surface area (Å²) in [6.45, 7) is 7.65. The van der Waals surface area contributed by atoms with Gasteiger partial charge in [0.05, 0.1) is 0 Å². The van der Waals surface area contributed by atoms with E-state index in [9.17, 15) is 0 Å². The fourth-order valence-electron chi connectivity index (χ4n) is 3.08. The fraction of sp³-hybridized carbons (Fsp3) is 0.529. The summed E-state index contributed by atoms with van der Waals surface area (Å²) in [6, 6.07) is 4.31. The summed E-state index contributed by atoms with van der Waals surface area (Å²) in [4.78, 5) is 13.7. The molecule has 5 nitrogen and oxygen atoms in total. The Labute approximate surface area is 132 Å². The maximum Gasteiger partial charge on any atom is 0.109 e. The Morgan fingerprint density at radius 2 is 2.00 bits per heavy atom. The number of rotatable bonds is 4. The Bertz CT molecular complexity index is 607. The van der Waals surface area contributed by atoms with Crippen molar-refractivity contribution in [1.82, 2.24) is 19.4 Å². The van der Waals surface area contributed by atoms with Crippen LogP contribution in [0.1, 0.15) is 17.9 Å². The van der Waals surface area contributed by atoms with Gasteiger partial charge >= 0.3 is 0 Å². The van der Waals surface area contributed by atoms with E-state index in [0.717, 1.165) is 38.3 Å². The highest BCUT2D eigenvalue weighted by Crippen LogP contribution is 2.16. The molecule has 1 saturated heterocycles. The Hall–Kier alpha value is -1.88. The first kappa shape index (κ1) is 15.0. The molecule has 2 aromatic heterocycles. The van der Waals surface area contributed by atoms with Crippen LogP contribution in [0.25, 0.3) is 0 Å². The van der Waals surface area contributed by atoms with E-state index in [-0.39, 0.29) is 0 Å². The van der Waals surface area contributed by atoms with Crippen molar-refractivity contribution in [3.63, 3.8) is 0 Å². The monoisotopic (exact) mass is 299 g/mol. The first-order valence-electron chi connectivity index (χ1n) is 8.08. The molecule has 0 spiro atoms. The molecule has 0 N–H and O–H groups in total. The number of aromatic nitrogens is 3. The van der Waals surface area contributed by atoms with Crippen LogP contribution in [0.3, 0.4) is 0 Å². The van der Waals surface area contributed by atoms with Crippen molar-refractivity contribution in [2.75, 3.05) is 37.6 Å². The smallest absolute Gasteiger partial charge is 0.109 e. The first-order valence-corrected chi connectivity index (χ1v) is 8.08. The molecule has 0 amide bonds. The van der Waals surface area contributed by atoms with Gasteiger partial charge < -0.3 is 14.4 Å². The van der Waals surface area contributed by atoms with E-state index < -0.39 is 0 Å². The maximum absolute atomic E-state index is 4.41. The molecule has 1 aliphatic rings. The van der Waals surface area contributed by atoms with Crippen LogP contribution < -0.4 is 4.90 Å². The predicted octanol–water partition coefficient (Wildman–Crippen LogP) is 1.88. The number of pyridine rings is 1. The average molecular weight is 299 g/mol.